The molecule has 0 aliphatic carbocycles. The fourth-order valence-corrected chi connectivity index (χ4v) is 2.18. The minimum Gasteiger partial charge on any atom is -0.464 e. The van der Waals surface area contributed by atoms with Crippen molar-refractivity contribution in [2.75, 3.05) is 0 Å². The molecule has 0 saturated carbocycles. The summed E-state index contributed by atoms with van der Waals surface area (Å²) in [6, 6.07) is 7.89. The van der Waals surface area contributed by atoms with Crippen molar-refractivity contribution in [1.82, 2.24) is 9.97 Å². The molecule has 2 heterocycles. The number of rotatable bonds is 1. The maximum absolute atomic E-state index is 5.52. The topological polar surface area (TPSA) is 41.8 Å². The summed E-state index contributed by atoms with van der Waals surface area (Å²) in [5.74, 6) is 0.757. The van der Waals surface area contributed by atoms with Crippen molar-refractivity contribution >= 4 is 23.2 Å². The van der Waals surface area contributed by atoms with Gasteiger partial charge in [0.15, 0.2) is 0 Å². The van der Waals surface area contributed by atoms with Crippen molar-refractivity contribution in [2.45, 2.75) is 13.8 Å². The number of furan rings is 1. The average molecular weight is 256 g/mol. The van der Waals surface area contributed by atoms with Crippen LogP contribution in [0.25, 0.3) is 22.4 Å². The number of fused-ring (bicyclic) bond motifs is 1. The van der Waals surface area contributed by atoms with E-state index in [1.54, 1.807) is 6.26 Å². The Bertz CT molecular complexity index is 786. The minimum absolute atomic E-state index is 0.631. The Hall–Kier alpha value is -1.94. The number of benzene rings is 1. The SMILES string of the molecule is Cc1[nH]c(-c2coc3ccccc23)nc(=S)c1C. The minimum atomic E-state index is 0.631. The molecule has 0 fully saturated rings. The molecular formula is C14H12N2OS. The van der Waals surface area contributed by atoms with Gasteiger partial charge in [-0.1, -0.05) is 30.4 Å². The summed E-state index contributed by atoms with van der Waals surface area (Å²) in [6.07, 6.45) is 1.72. The summed E-state index contributed by atoms with van der Waals surface area (Å²) >= 11 is 5.26. The Morgan fingerprint density at radius 3 is 2.78 bits per heavy atom. The lowest BCUT2D eigenvalue weighted by atomic mass is 10.1. The van der Waals surface area contributed by atoms with Crippen molar-refractivity contribution in [3.63, 3.8) is 0 Å². The monoisotopic (exact) mass is 256 g/mol. The number of nitrogens with zero attached hydrogens (tertiary/aromatic N) is 1. The number of hydrogen-bond acceptors (Lipinski definition) is 3. The largest absolute Gasteiger partial charge is 0.464 e. The van der Waals surface area contributed by atoms with Gasteiger partial charge in [-0.25, -0.2) is 4.98 Å². The van der Waals surface area contributed by atoms with E-state index >= 15 is 0 Å². The molecule has 0 unspecified atom stereocenters. The number of aromatic amines is 1. The molecule has 0 saturated heterocycles. The van der Waals surface area contributed by atoms with Gasteiger partial charge < -0.3 is 9.40 Å². The fraction of sp³-hybridized carbons (Fsp3) is 0.143. The van der Waals surface area contributed by atoms with E-state index < -0.39 is 0 Å². The van der Waals surface area contributed by atoms with E-state index in [0.717, 1.165) is 33.6 Å². The Labute approximate surface area is 109 Å². The highest BCUT2D eigenvalue weighted by Crippen LogP contribution is 2.28. The van der Waals surface area contributed by atoms with E-state index in [-0.39, 0.29) is 0 Å². The summed E-state index contributed by atoms with van der Waals surface area (Å²) in [5, 5.41) is 1.04. The molecule has 18 heavy (non-hydrogen) atoms. The molecule has 3 rings (SSSR count). The molecule has 1 aromatic carbocycles. The van der Waals surface area contributed by atoms with E-state index in [1.807, 2.05) is 38.1 Å². The van der Waals surface area contributed by atoms with Gasteiger partial charge >= 0.3 is 0 Å². The number of para-hydroxylation sites is 1. The molecule has 0 radical (unpaired) electrons. The van der Waals surface area contributed by atoms with Crippen molar-refractivity contribution in [3.8, 4) is 11.4 Å². The van der Waals surface area contributed by atoms with Gasteiger partial charge in [0, 0.05) is 16.6 Å². The second-order valence-electron chi connectivity index (χ2n) is 4.29. The Kier molecular flexibility index (Phi) is 2.52. The molecule has 0 spiro atoms. The highest BCUT2D eigenvalue weighted by atomic mass is 32.1. The van der Waals surface area contributed by atoms with Gasteiger partial charge in [-0.15, -0.1) is 0 Å². The lowest BCUT2D eigenvalue weighted by Crippen LogP contribution is -1.95. The smallest absolute Gasteiger partial charge is 0.143 e. The Balaban J connectivity index is 2.30. The second kappa shape index (κ2) is 4.07. The Morgan fingerprint density at radius 1 is 1.22 bits per heavy atom. The maximum Gasteiger partial charge on any atom is 0.143 e. The van der Waals surface area contributed by atoms with Gasteiger partial charge in [-0.2, -0.15) is 0 Å². The summed E-state index contributed by atoms with van der Waals surface area (Å²) < 4.78 is 6.15. The van der Waals surface area contributed by atoms with Crippen LogP contribution in [-0.2, 0) is 0 Å². The lowest BCUT2D eigenvalue weighted by molar-refractivity contribution is 0.616. The highest BCUT2D eigenvalue weighted by molar-refractivity contribution is 7.71. The van der Waals surface area contributed by atoms with Crippen LogP contribution >= 0.6 is 12.2 Å². The van der Waals surface area contributed by atoms with Crippen molar-refractivity contribution in [1.29, 1.82) is 0 Å². The van der Waals surface area contributed by atoms with E-state index in [1.165, 1.54) is 0 Å². The third kappa shape index (κ3) is 1.66. The Morgan fingerprint density at radius 2 is 2.00 bits per heavy atom. The van der Waals surface area contributed by atoms with Gasteiger partial charge in [-0.3, -0.25) is 0 Å². The molecule has 2 aromatic heterocycles. The molecule has 0 atom stereocenters. The molecule has 0 aliphatic heterocycles. The van der Waals surface area contributed by atoms with E-state index in [2.05, 4.69) is 9.97 Å². The van der Waals surface area contributed by atoms with Gasteiger partial charge in [0.05, 0.1) is 5.56 Å². The maximum atomic E-state index is 5.52. The van der Waals surface area contributed by atoms with Gasteiger partial charge in [-0.05, 0) is 19.9 Å². The number of aryl methyl sites for hydroxylation is 1. The van der Waals surface area contributed by atoms with Crippen LogP contribution in [0.15, 0.2) is 34.9 Å². The average Bonchev–Trinajstić information content (AvgIpc) is 2.79. The number of nitrogens with one attached hydrogen (secondary N) is 1. The van der Waals surface area contributed by atoms with Crippen LogP contribution in [0, 0.1) is 18.5 Å². The zero-order valence-electron chi connectivity index (χ0n) is 10.2. The number of H-pyrrole nitrogens is 1. The van der Waals surface area contributed by atoms with Crippen LogP contribution < -0.4 is 0 Å². The van der Waals surface area contributed by atoms with Crippen LogP contribution in [0.1, 0.15) is 11.3 Å². The molecule has 90 valence electrons. The lowest BCUT2D eigenvalue weighted by Gasteiger charge is -2.04. The van der Waals surface area contributed by atoms with Crippen molar-refractivity contribution in [2.24, 2.45) is 0 Å². The van der Waals surface area contributed by atoms with E-state index in [0.29, 0.717) is 4.64 Å². The summed E-state index contributed by atoms with van der Waals surface area (Å²) in [5.41, 5.74) is 3.85. The van der Waals surface area contributed by atoms with Crippen LogP contribution in [0.5, 0.6) is 0 Å². The second-order valence-corrected chi connectivity index (χ2v) is 4.67. The van der Waals surface area contributed by atoms with Gasteiger partial charge in [0.2, 0.25) is 0 Å². The van der Waals surface area contributed by atoms with Crippen LogP contribution in [0.3, 0.4) is 0 Å². The summed E-state index contributed by atoms with van der Waals surface area (Å²) in [7, 11) is 0. The molecule has 0 bridgehead atoms. The van der Waals surface area contributed by atoms with Gasteiger partial charge in [0.1, 0.15) is 22.3 Å². The zero-order chi connectivity index (χ0) is 12.7. The van der Waals surface area contributed by atoms with Crippen LogP contribution in [0.2, 0.25) is 0 Å². The molecular weight excluding hydrogens is 244 g/mol. The first-order valence-electron chi connectivity index (χ1n) is 5.71. The normalized spacial score (nSPS) is 11.0. The van der Waals surface area contributed by atoms with Crippen molar-refractivity contribution < 1.29 is 4.42 Å². The summed E-state index contributed by atoms with van der Waals surface area (Å²) in [4.78, 5) is 7.70. The highest BCUT2D eigenvalue weighted by Gasteiger charge is 2.10. The predicted molar refractivity (Wildman–Crippen MR) is 74.1 cm³/mol. The molecule has 3 aromatic rings. The standard InChI is InChI=1S/C14H12N2OS/c1-8-9(2)15-13(16-14(8)18)11-7-17-12-6-4-3-5-10(11)12/h3-7H,1-2H3,(H,15,16,18). The third-order valence-corrected chi connectivity index (χ3v) is 3.54. The molecule has 1 N–H and O–H groups in total. The first-order chi connectivity index (χ1) is 8.66. The quantitative estimate of drug-likeness (QED) is 0.664. The van der Waals surface area contributed by atoms with E-state index in [9.17, 15) is 0 Å². The number of aromatic nitrogens is 2. The predicted octanol–water partition coefficient (Wildman–Crippen LogP) is 4.17. The van der Waals surface area contributed by atoms with Gasteiger partial charge in [0.25, 0.3) is 0 Å². The first kappa shape index (κ1) is 11.2. The number of hydrogen-bond donors (Lipinski definition) is 1. The summed E-state index contributed by atoms with van der Waals surface area (Å²) in [6.45, 7) is 3.97. The van der Waals surface area contributed by atoms with Crippen molar-refractivity contribution in [3.05, 3.63) is 46.4 Å². The molecule has 3 nitrogen and oxygen atoms in total. The fourth-order valence-electron chi connectivity index (χ4n) is 1.93. The molecule has 0 amide bonds. The molecule has 0 aliphatic rings. The molecule has 4 heteroatoms. The van der Waals surface area contributed by atoms with Crippen LogP contribution in [0.4, 0.5) is 0 Å². The first-order valence-corrected chi connectivity index (χ1v) is 6.12. The third-order valence-electron chi connectivity index (χ3n) is 3.14. The van der Waals surface area contributed by atoms with E-state index in [4.69, 9.17) is 16.6 Å². The zero-order valence-corrected chi connectivity index (χ0v) is 11.0. The van der Waals surface area contributed by atoms with Crippen LogP contribution in [-0.4, -0.2) is 9.97 Å².